The van der Waals surface area contributed by atoms with E-state index in [9.17, 15) is 4.79 Å². The minimum absolute atomic E-state index is 0.162. The summed E-state index contributed by atoms with van der Waals surface area (Å²) in [5, 5.41) is 3.30. The van der Waals surface area contributed by atoms with Crippen molar-refractivity contribution < 1.29 is 4.79 Å². The van der Waals surface area contributed by atoms with E-state index >= 15 is 0 Å². The highest BCUT2D eigenvalue weighted by atomic mass is 35.5. The first-order chi connectivity index (χ1) is 10.1. The van der Waals surface area contributed by atoms with E-state index in [1.54, 1.807) is 18.2 Å². The number of nitrogens with one attached hydrogen (secondary N) is 1. The molecule has 108 valence electrons. The Morgan fingerprint density at radius 3 is 2.86 bits per heavy atom. The van der Waals surface area contributed by atoms with Crippen LogP contribution in [-0.4, -0.2) is 12.5 Å². The van der Waals surface area contributed by atoms with Crippen molar-refractivity contribution >= 4 is 34.5 Å². The molecule has 3 N–H and O–H groups in total. The number of thiophene rings is 1. The standard InChI is InChI=1S/C16H15ClN2OS/c1-2-12-6-8-15(21-12)16(20)19-14-10-11(4-3-9-18)5-7-13(14)17/h5-8,10H,2,9,18H2,1H3,(H,19,20). The second-order valence-electron chi connectivity index (χ2n) is 4.27. The van der Waals surface area contributed by atoms with Gasteiger partial charge in [0, 0.05) is 10.4 Å². The average molecular weight is 319 g/mol. The van der Waals surface area contributed by atoms with Gasteiger partial charge in [0.1, 0.15) is 0 Å². The van der Waals surface area contributed by atoms with E-state index in [1.165, 1.54) is 16.2 Å². The number of amides is 1. The van der Waals surface area contributed by atoms with Gasteiger partial charge in [0.25, 0.3) is 5.91 Å². The average Bonchev–Trinajstić information content (AvgIpc) is 2.97. The van der Waals surface area contributed by atoms with Crippen molar-refractivity contribution in [3.63, 3.8) is 0 Å². The van der Waals surface area contributed by atoms with Crippen molar-refractivity contribution in [3.8, 4) is 11.8 Å². The summed E-state index contributed by atoms with van der Waals surface area (Å²) in [6, 6.07) is 9.04. The van der Waals surface area contributed by atoms with E-state index in [-0.39, 0.29) is 5.91 Å². The van der Waals surface area contributed by atoms with Crippen LogP contribution in [0.25, 0.3) is 0 Å². The lowest BCUT2D eigenvalue weighted by molar-refractivity contribution is 0.103. The number of benzene rings is 1. The molecule has 0 atom stereocenters. The number of hydrogen-bond acceptors (Lipinski definition) is 3. The fourth-order valence-corrected chi connectivity index (χ4v) is 2.73. The minimum atomic E-state index is -0.162. The quantitative estimate of drug-likeness (QED) is 0.851. The van der Waals surface area contributed by atoms with Crippen LogP contribution < -0.4 is 11.1 Å². The largest absolute Gasteiger partial charge is 0.320 e. The maximum absolute atomic E-state index is 12.2. The first-order valence-electron chi connectivity index (χ1n) is 6.52. The minimum Gasteiger partial charge on any atom is -0.320 e. The second kappa shape index (κ2) is 7.28. The summed E-state index contributed by atoms with van der Waals surface area (Å²) in [6.45, 7) is 2.35. The highest BCUT2D eigenvalue weighted by Crippen LogP contribution is 2.25. The van der Waals surface area contributed by atoms with E-state index in [4.69, 9.17) is 17.3 Å². The molecule has 0 saturated carbocycles. The van der Waals surface area contributed by atoms with Gasteiger partial charge in [-0.25, -0.2) is 0 Å². The molecule has 0 aliphatic heterocycles. The van der Waals surface area contributed by atoms with Gasteiger partial charge in [0.05, 0.1) is 22.1 Å². The lowest BCUT2D eigenvalue weighted by Gasteiger charge is -2.06. The van der Waals surface area contributed by atoms with Gasteiger partial charge in [0.15, 0.2) is 0 Å². The molecule has 0 bridgehead atoms. The summed E-state index contributed by atoms with van der Waals surface area (Å²) in [5.41, 5.74) is 6.67. The Morgan fingerprint density at radius 1 is 1.38 bits per heavy atom. The number of carbonyl (C=O) groups excluding carboxylic acids is 1. The number of carbonyl (C=O) groups is 1. The Hall–Kier alpha value is -1.80. The fraction of sp³-hybridized carbons (Fsp3) is 0.188. The number of hydrogen-bond donors (Lipinski definition) is 2. The lowest BCUT2D eigenvalue weighted by atomic mass is 10.2. The summed E-state index contributed by atoms with van der Waals surface area (Å²) in [4.78, 5) is 14.0. The zero-order valence-electron chi connectivity index (χ0n) is 11.6. The maximum Gasteiger partial charge on any atom is 0.265 e. The number of nitrogens with two attached hydrogens (primary N) is 1. The zero-order valence-corrected chi connectivity index (χ0v) is 13.1. The molecular formula is C16H15ClN2OS. The Morgan fingerprint density at radius 2 is 2.19 bits per heavy atom. The molecule has 21 heavy (non-hydrogen) atoms. The van der Waals surface area contributed by atoms with Crippen LogP contribution in [0.3, 0.4) is 0 Å². The zero-order chi connectivity index (χ0) is 15.2. The van der Waals surface area contributed by atoms with Crippen molar-refractivity contribution in [2.24, 2.45) is 5.73 Å². The second-order valence-corrected chi connectivity index (χ2v) is 5.85. The number of aryl methyl sites for hydroxylation is 1. The van der Waals surface area contributed by atoms with Crippen molar-refractivity contribution in [3.05, 3.63) is 50.7 Å². The molecular weight excluding hydrogens is 304 g/mol. The monoisotopic (exact) mass is 318 g/mol. The molecule has 0 fully saturated rings. The highest BCUT2D eigenvalue weighted by molar-refractivity contribution is 7.14. The molecule has 1 aromatic carbocycles. The third kappa shape index (κ3) is 4.08. The highest BCUT2D eigenvalue weighted by Gasteiger charge is 2.11. The van der Waals surface area contributed by atoms with Gasteiger partial charge < -0.3 is 11.1 Å². The molecule has 2 aromatic rings. The number of anilines is 1. The summed E-state index contributed by atoms with van der Waals surface area (Å²) in [5.74, 6) is 5.53. The third-order valence-electron chi connectivity index (χ3n) is 2.78. The van der Waals surface area contributed by atoms with Crippen LogP contribution in [0.1, 0.15) is 27.0 Å². The summed E-state index contributed by atoms with van der Waals surface area (Å²) in [6.07, 6.45) is 0.920. The summed E-state index contributed by atoms with van der Waals surface area (Å²) < 4.78 is 0. The molecule has 0 aliphatic carbocycles. The van der Waals surface area contributed by atoms with Gasteiger partial charge in [-0.2, -0.15) is 0 Å². The molecule has 0 saturated heterocycles. The van der Waals surface area contributed by atoms with E-state index < -0.39 is 0 Å². The predicted molar refractivity (Wildman–Crippen MR) is 89.0 cm³/mol. The van der Waals surface area contributed by atoms with E-state index in [0.29, 0.717) is 22.1 Å². The van der Waals surface area contributed by atoms with Crippen LogP contribution in [0, 0.1) is 11.8 Å². The Balaban J connectivity index is 2.20. The van der Waals surface area contributed by atoms with Gasteiger partial charge in [-0.3, -0.25) is 4.79 Å². The summed E-state index contributed by atoms with van der Waals surface area (Å²) >= 11 is 7.59. The van der Waals surface area contributed by atoms with Crippen LogP contribution in [0.4, 0.5) is 5.69 Å². The third-order valence-corrected chi connectivity index (χ3v) is 4.34. The first kappa shape index (κ1) is 15.6. The fourth-order valence-electron chi connectivity index (χ4n) is 1.73. The van der Waals surface area contributed by atoms with Crippen molar-refractivity contribution in [1.29, 1.82) is 0 Å². The molecule has 3 nitrogen and oxygen atoms in total. The van der Waals surface area contributed by atoms with Crippen molar-refractivity contribution in [1.82, 2.24) is 0 Å². The van der Waals surface area contributed by atoms with Crippen molar-refractivity contribution in [2.75, 3.05) is 11.9 Å². The molecule has 1 heterocycles. The van der Waals surface area contributed by atoms with Gasteiger partial charge in [-0.15, -0.1) is 11.3 Å². The molecule has 1 aromatic heterocycles. The molecule has 0 radical (unpaired) electrons. The summed E-state index contributed by atoms with van der Waals surface area (Å²) in [7, 11) is 0. The van der Waals surface area contributed by atoms with Crippen molar-refractivity contribution in [2.45, 2.75) is 13.3 Å². The van der Waals surface area contributed by atoms with Crippen LogP contribution in [0.2, 0.25) is 5.02 Å². The Bertz CT molecular complexity index is 713. The smallest absolute Gasteiger partial charge is 0.265 e. The van der Waals surface area contributed by atoms with E-state index in [1.807, 2.05) is 12.1 Å². The van der Waals surface area contributed by atoms with E-state index in [0.717, 1.165) is 12.0 Å². The Kier molecular flexibility index (Phi) is 5.40. The lowest BCUT2D eigenvalue weighted by Crippen LogP contribution is -2.10. The SMILES string of the molecule is CCc1ccc(C(=O)Nc2cc(C#CCN)ccc2Cl)s1. The molecule has 0 spiro atoms. The van der Waals surface area contributed by atoms with Gasteiger partial charge in [-0.1, -0.05) is 30.4 Å². The maximum atomic E-state index is 12.2. The van der Waals surface area contributed by atoms with E-state index in [2.05, 4.69) is 24.1 Å². The van der Waals surface area contributed by atoms with Crippen LogP contribution in [0.5, 0.6) is 0 Å². The van der Waals surface area contributed by atoms with Gasteiger partial charge >= 0.3 is 0 Å². The van der Waals surface area contributed by atoms with Gasteiger partial charge in [0.2, 0.25) is 0 Å². The first-order valence-corrected chi connectivity index (χ1v) is 7.72. The molecule has 1 amide bonds. The Labute approximate surface area is 133 Å². The number of rotatable bonds is 3. The van der Waals surface area contributed by atoms with Crippen LogP contribution >= 0.6 is 22.9 Å². The molecule has 0 unspecified atom stereocenters. The van der Waals surface area contributed by atoms with Crippen LogP contribution in [0.15, 0.2) is 30.3 Å². The topological polar surface area (TPSA) is 55.1 Å². The van der Waals surface area contributed by atoms with Gasteiger partial charge in [-0.05, 0) is 36.8 Å². The normalized spacial score (nSPS) is 9.86. The van der Waals surface area contributed by atoms with Crippen LogP contribution in [-0.2, 0) is 6.42 Å². The molecule has 0 aliphatic rings. The molecule has 2 rings (SSSR count). The molecule has 5 heteroatoms. The number of halogens is 1. The predicted octanol–water partition coefficient (Wildman–Crippen LogP) is 3.53.